The zero-order valence-electron chi connectivity index (χ0n) is 22.8. The number of nitrogens with zero attached hydrogens (tertiary/aromatic N) is 2. The first kappa shape index (κ1) is 31.0. The van der Waals surface area contributed by atoms with E-state index in [4.69, 9.17) is 0 Å². The van der Waals surface area contributed by atoms with E-state index in [1.54, 1.807) is 17.0 Å². The van der Waals surface area contributed by atoms with E-state index in [0.29, 0.717) is 25.1 Å². The fourth-order valence-corrected chi connectivity index (χ4v) is 5.45. The van der Waals surface area contributed by atoms with Gasteiger partial charge in [0, 0.05) is 41.9 Å². The van der Waals surface area contributed by atoms with Crippen LogP contribution in [-0.2, 0) is 17.6 Å². The van der Waals surface area contributed by atoms with Gasteiger partial charge in [0.2, 0.25) is 0 Å². The Morgan fingerprint density at radius 3 is 2.33 bits per heavy atom. The molecule has 0 saturated heterocycles. The number of aliphatic hydroxyl groups excluding tert-OH is 2. The van der Waals surface area contributed by atoms with Crippen LogP contribution in [0, 0.1) is 5.82 Å². The van der Waals surface area contributed by atoms with Crippen molar-refractivity contribution in [3.05, 3.63) is 77.4 Å². The number of para-hydroxylation sites is 1. The van der Waals surface area contributed by atoms with Gasteiger partial charge in [-0.05, 0) is 81.3 Å². The first-order chi connectivity index (χ1) is 18.2. The van der Waals surface area contributed by atoms with Crippen LogP contribution in [0.4, 0.5) is 10.1 Å². The molecule has 4 rings (SSSR count). The molecule has 3 aromatic rings. The summed E-state index contributed by atoms with van der Waals surface area (Å²) in [4.78, 5) is 26.7. The molecule has 2 heterocycles. The van der Waals surface area contributed by atoms with Crippen LogP contribution in [0.2, 0.25) is 0 Å². The zero-order chi connectivity index (χ0) is 27.4. The van der Waals surface area contributed by atoms with Crippen molar-refractivity contribution in [2.45, 2.75) is 70.6 Å². The van der Waals surface area contributed by atoms with Gasteiger partial charge in [-0.2, -0.15) is 0 Å². The van der Waals surface area contributed by atoms with Crippen molar-refractivity contribution in [1.82, 2.24) is 4.57 Å². The molecule has 0 aliphatic carbocycles. The maximum Gasteiger partial charge on any atom is 1.00 e. The number of carboxylic acid groups (broad SMARTS) is 1. The number of carboxylic acids is 1. The predicted molar refractivity (Wildman–Crippen MR) is 141 cm³/mol. The molecule has 0 saturated carbocycles. The third-order valence-electron chi connectivity index (χ3n) is 7.04. The Kier molecular flexibility index (Phi) is 10.9. The van der Waals surface area contributed by atoms with Gasteiger partial charge in [-0.1, -0.05) is 30.3 Å². The monoisotopic (exact) mass is 544 g/mol. The van der Waals surface area contributed by atoms with E-state index < -0.39 is 24.6 Å². The summed E-state index contributed by atoms with van der Waals surface area (Å²) in [6.45, 7) is 4.58. The number of fused-ring (bicyclic) bond motifs is 1. The minimum atomic E-state index is -1.37. The second kappa shape index (κ2) is 13.7. The normalized spacial score (nSPS) is 14.9. The van der Waals surface area contributed by atoms with E-state index in [0.717, 1.165) is 34.5 Å². The van der Waals surface area contributed by atoms with Crippen molar-refractivity contribution in [3.63, 3.8) is 0 Å². The van der Waals surface area contributed by atoms with Gasteiger partial charge in [-0.25, -0.2) is 4.39 Å². The summed E-state index contributed by atoms with van der Waals surface area (Å²) in [5.74, 6) is -1.83. The van der Waals surface area contributed by atoms with E-state index in [2.05, 4.69) is 0 Å². The van der Waals surface area contributed by atoms with Crippen LogP contribution in [0.5, 0.6) is 0 Å². The molecule has 0 unspecified atom stereocenters. The first-order valence-electron chi connectivity index (χ1n) is 13.1. The van der Waals surface area contributed by atoms with Crippen LogP contribution in [0.1, 0.15) is 67.3 Å². The molecule has 7 nitrogen and oxygen atoms in total. The summed E-state index contributed by atoms with van der Waals surface area (Å²) in [5, 5.41) is 31.4. The van der Waals surface area contributed by atoms with Gasteiger partial charge in [-0.3, -0.25) is 4.79 Å². The number of carbonyl (C=O) groups excluding carboxylic acids is 2. The summed E-state index contributed by atoms with van der Waals surface area (Å²) < 4.78 is 15.9. The SMILES string of the molecule is CC(C)n1c(CC[C@@H](O)C[C@@H](O)CC(=O)[O-])c(-c2ccc(F)cc2)c2c1C(=O)N(c1ccccc1)CCC2.[Na+]. The predicted octanol–water partition coefficient (Wildman–Crippen LogP) is 0.657. The number of halogens is 1. The maximum atomic E-state index is 14.1. The summed E-state index contributed by atoms with van der Waals surface area (Å²) in [6.07, 6.45) is -0.738. The van der Waals surface area contributed by atoms with Gasteiger partial charge >= 0.3 is 29.6 Å². The second-order valence-electron chi connectivity index (χ2n) is 10.2. The van der Waals surface area contributed by atoms with Crippen LogP contribution in [0.3, 0.4) is 0 Å². The molecule has 0 spiro atoms. The molecule has 1 aliphatic heterocycles. The standard InChI is InChI=1S/C30H35FN2O5.Na/c1-19(2)33-26(15-14-23(34)17-24(35)18-27(36)37)28(20-10-12-21(31)13-11-20)25-9-6-16-32(30(38)29(25)33)22-7-4-3-5-8-22;/h3-5,7-8,10-13,19,23-24,34-35H,6,9,14-18H2,1-2H3,(H,36,37);/q;+1/p-1/t23-,24-;/m1./s1. The summed E-state index contributed by atoms with van der Waals surface area (Å²) in [7, 11) is 0. The third-order valence-corrected chi connectivity index (χ3v) is 7.04. The Morgan fingerprint density at radius 2 is 1.72 bits per heavy atom. The molecule has 202 valence electrons. The number of carbonyl (C=O) groups is 2. The second-order valence-corrected chi connectivity index (χ2v) is 10.2. The Labute approximate surface area is 250 Å². The van der Waals surface area contributed by atoms with E-state index in [1.165, 1.54) is 12.1 Å². The van der Waals surface area contributed by atoms with Crippen molar-refractivity contribution in [3.8, 4) is 11.1 Å². The molecule has 1 aromatic heterocycles. The molecule has 0 fully saturated rings. The van der Waals surface area contributed by atoms with Crippen molar-refractivity contribution in [2.24, 2.45) is 0 Å². The van der Waals surface area contributed by atoms with Crippen LogP contribution >= 0.6 is 0 Å². The quantitative estimate of drug-likeness (QED) is 0.365. The molecule has 39 heavy (non-hydrogen) atoms. The zero-order valence-corrected chi connectivity index (χ0v) is 24.8. The van der Waals surface area contributed by atoms with E-state index in [1.807, 2.05) is 48.7 Å². The number of benzene rings is 2. The average Bonchev–Trinajstić information content (AvgIpc) is 3.10. The fraction of sp³-hybridized carbons (Fsp3) is 0.400. The van der Waals surface area contributed by atoms with Gasteiger partial charge in [0.05, 0.1) is 12.2 Å². The number of aliphatic carboxylic acids is 1. The van der Waals surface area contributed by atoms with Gasteiger partial charge in [0.15, 0.2) is 0 Å². The smallest absolute Gasteiger partial charge is 0.550 e. The molecule has 2 N–H and O–H groups in total. The molecule has 9 heteroatoms. The number of amides is 1. The van der Waals surface area contributed by atoms with Crippen molar-refractivity contribution in [2.75, 3.05) is 11.4 Å². The fourth-order valence-electron chi connectivity index (χ4n) is 5.45. The van der Waals surface area contributed by atoms with Gasteiger partial charge in [0.25, 0.3) is 5.91 Å². The van der Waals surface area contributed by atoms with E-state index in [9.17, 15) is 29.3 Å². The average molecular weight is 545 g/mol. The number of anilines is 1. The third kappa shape index (κ3) is 7.18. The largest absolute Gasteiger partial charge is 1.00 e. The van der Waals surface area contributed by atoms with Gasteiger partial charge in [0.1, 0.15) is 11.5 Å². The van der Waals surface area contributed by atoms with Gasteiger partial charge < -0.3 is 29.6 Å². The summed E-state index contributed by atoms with van der Waals surface area (Å²) in [6, 6.07) is 15.7. The topological polar surface area (TPSA) is 106 Å². The molecule has 2 atom stereocenters. The van der Waals surface area contributed by atoms with E-state index >= 15 is 0 Å². The Hall–Kier alpha value is -2.49. The number of hydrogen-bond donors (Lipinski definition) is 2. The molecule has 2 aromatic carbocycles. The number of hydrogen-bond acceptors (Lipinski definition) is 5. The van der Waals surface area contributed by atoms with Crippen LogP contribution in [0.25, 0.3) is 11.1 Å². The maximum absolute atomic E-state index is 14.1. The van der Waals surface area contributed by atoms with Crippen LogP contribution in [0.15, 0.2) is 54.6 Å². The first-order valence-corrected chi connectivity index (χ1v) is 13.1. The molecule has 1 aliphatic rings. The molecular weight excluding hydrogens is 510 g/mol. The number of rotatable bonds is 10. The summed E-state index contributed by atoms with van der Waals surface area (Å²) >= 11 is 0. The Balaban J connectivity index is 0.00000420. The Morgan fingerprint density at radius 1 is 1.05 bits per heavy atom. The van der Waals surface area contributed by atoms with Crippen molar-refractivity contribution in [1.29, 1.82) is 0 Å². The summed E-state index contributed by atoms with van der Waals surface area (Å²) in [5.41, 5.74) is 4.86. The number of aromatic nitrogens is 1. The van der Waals surface area contributed by atoms with Crippen molar-refractivity contribution >= 4 is 17.6 Å². The van der Waals surface area contributed by atoms with E-state index in [-0.39, 0.29) is 60.2 Å². The van der Waals surface area contributed by atoms with Crippen LogP contribution < -0.4 is 39.6 Å². The Bertz CT molecular complexity index is 1280. The van der Waals surface area contributed by atoms with Crippen LogP contribution in [-0.4, -0.2) is 45.4 Å². The van der Waals surface area contributed by atoms with Gasteiger partial charge in [-0.15, -0.1) is 0 Å². The minimum absolute atomic E-state index is 0. The molecule has 1 amide bonds. The molecular formula is C30H34FN2NaO5. The molecule has 0 bridgehead atoms. The minimum Gasteiger partial charge on any atom is -0.550 e. The number of aliphatic hydroxyl groups is 2. The van der Waals surface area contributed by atoms with Crippen molar-refractivity contribution < 1.29 is 58.9 Å². The molecule has 0 radical (unpaired) electrons.